The molecule has 2 aliphatic rings. The fourth-order valence-electron chi connectivity index (χ4n) is 5.30. The standard InChI is InChI=1S/C13H17.C12H17.C8H15.60Y/c1-8-5-12-7-9(2)10(3)11(4)13(12)6-8;1-6-12-7-8(2)9(3)10(4)11(12)5;1-2-8-6-4-3-5-7-8;;;;;;;;;;;;;;;;;;;;;;;;;;;;;;;;;;;;;;;;;;;;;;;;;;;;;;;;;;;;/h8H,5-6H2,1-4H3;6H2,1-5H3;6,8H,2-5,7H2,1H3;;;;;;;;;;;;;;;;;;;;;;;;;;;;;;;;;;;;;;;;;;;;;;;;;;;;;;;;;;;;/q3*-1;;;;;;;;;;;;;;;;;;;;;;;;;;;;;;;;;;;;;;;;;;;;;;;;;;;;;;;;;;;;. The predicted octanol–water partition coefficient (Wildman–Crippen LogP) is 9.07. The Morgan fingerprint density at radius 2 is 0.505 bits per heavy atom. The molecule has 0 aromatic heterocycles. The maximum atomic E-state index is 3.53. The molecule has 1 fully saturated rings. The van der Waals surface area contributed by atoms with E-state index in [4.69, 9.17) is 0 Å². The van der Waals surface area contributed by atoms with Crippen molar-refractivity contribution >= 4 is 0 Å². The summed E-state index contributed by atoms with van der Waals surface area (Å²) in [6.07, 6.45) is 13.2. The Morgan fingerprint density at radius 1 is 0.280 bits per heavy atom. The summed E-state index contributed by atoms with van der Waals surface area (Å²) in [5, 5.41) is 0. The fraction of sp³-hybridized carbons (Fsp3) is 0.606. The van der Waals surface area contributed by atoms with Crippen LogP contribution < -0.4 is 0 Å². The van der Waals surface area contributed by atoms with Crippen molar-refractivity contribution in [2.75, 3.05) is 0 Å². The van der Waals surface area contributed by atoms with Gasteiger partial charge in [-0.25, -0.2) is 0 Å². The molecule has 2 atom stereocenters. The van der Waals surface area contributed by atoms with Gasteiger partial charge in [-0.2, -0.15) is 74.5 Å². The van der Waals surface area contributed by atoms with Crippen molar-refractivity contribution in [2.24, 2.45) is 11.8 Å². The van der Waals surface area contributed by atoms with Gasteiger partial charge in [0.2, 0.25) is 0 Å². The van der Waals surface area contributed by atoms with Crippen molar-refractivity contribution in [3.8, 4) is 0 Å². The van der Waals surface area contributed by atoms with E-state index in [0.29, 0.717) is 0 Å². The number of hydrogen-bond donors (Lipinski definition) is 0. The molecule has 2 aliphatic carbocycles. The van der Waals surface area contributed by atoms with E-state index in [1.807, 2.05) is 0 Å². The first-order chi connectivity index (χ1) is 15.6. The van der Waals surface area contributed by atoms with E-state index < -0.39 is 0 Å². The summed E-state index contributed by atoms with van der Waals surface area (Å²) in [6.45, 7) is 22.1. The van der Waals surface area contributed by atoms with Crippen molar-refractivity contribution < 1.29 is 1960 Å². The van der Waals surface area contributed by atoms with Crippen LogP contribution in [0, 0.1) is 78.9 Å². The van der Waals surface area contributed by atoms with Crippen LogP contribution in [0.1, 0.15) is 109 Å². The van der Waals surface area contributed by atoms with Gasteiger partial charge in [0, 0.05) is 1960 Å². The van der Waals surface area contributed by atoms with Gasteiger partial charge in [-0.05, 0) is 12.3 Å². The number of hydrogen-bond acceptors (Lipinski definition) is 0. The second-order valence-electron chi connectivity index (χ2n) is 10.6. The molecule has 2 unspecified atom stereocenters. The number of aryl methyl sites for hydroxylation is 3. The van der Waals surface area contributed by atoms with Crippen LogP contribution in [-0.4, -0.2) is 0 Å². The first-order valence-electron chi connectivity index (χ1n) is 13.4. The third-order valence-corrected chi connectivity index (χ3v) is 8.27. The molecule has 0 N–H and O–H groups in total. The summed E-state index contributed by atoms with van der Waals surface area (Å²) in [7, 11) is 0. The van der Waals surface area contributed by atoms with Crippen LogP contribution in [0.5, 0.6) is 0 Å². The number of benzene rings is 2. The van der Waals surface area contributed by atoms with Crippen LogP contribution in [0.4, 0.5) is 0 Å². The predicted molar refractivity (Wildman–Crippen MR) is 146 cm³/mol. The summed E-state index contributed by atoms with van der Waals surface area (Å²) < 4.78 is 0. The Morgan fingerprint density at radius 3 is 0.699 bits per heavy atom. The molecule has 60 radical (unpaired) electrons. The van der Waals surface area contributed by atoms with Gasteiger partial charge in [-0.15, -0.1) is 5.56 Å². The third kappa shape index (κ3) is 241. The maximum absolute atomic E-state index is 3.53. The van der Waals surface area contributed by atoms with Gasteiger partial charge in [0.05, 0.1) is 0 Å². The molecule has 60 heteroatoms. The van der Waals surface area contributed by atoms with E-state index in [2.05, 4.69) is 87.8 Å². The van der Waals surface area contributed by atoms with Gasteiger partial charge in [0.15, 0.2) is 0 Å². The van der Waals surface area contributed by atoms with Crippen LogP contribution >= 0.6 is 0 Å². The average molecular weight is 5780 g/mol. The molecule has 364 valence electrons. The Bertz CT molecular complexity index is 996. The zero-order chi connectivity index (χ0) is 24.7. The van der Waals surface area contributed by atoms with E-state index in [9.17, 15) is 0 Å². The SMILES string of the molecule is CCC1[CH-]CCCC1.CCc1[c-]c(C)c(C)c(C)c1C.Cc1[c-]c2c(c(C)c1C)CC(C)C2.[Y].[Y].[Y].[Y].[Y].[Y].[Y].[Y].[Y].[Y].[Y].[Y].[Y].[Y].[Y].[Y].[Y].[Y].[Y].[Y].[Y].[Y].[Y].[Y].[Y].[Y].[Y].[Y].[Y].[Y].[Y].[Y].[Y].[Y].[Y].[Y].[Y].[Y].[Y].[Y].[Y].[Y].[Y].[Y].[Y].[Y].[Y].[Y].[Y].[Y].[Y].[Y].[Y].[Y].[Y].[Y].[Y].[Y].[Y].[Y]. The molecule has 0 bridgehead atoms. The van der Waals surface area contributed by atoms with Crippen LogP contribution in [0.3, 0.4) is 0 Å². The van der Waals surface area contributed by atoms with Crippen molar-refractivity contribution in [1.82, 2.24) is 0 Å². The van der Waals surface area contributed by atoms with Gasteiger partial charge >= 0.3 is 0 Å². The zero-order valence-electron chi connectivity index (χ0n) is 58.0. The smallest absolute Gasteiger partial charge is 0 e. The summed E-state index contributed by atoms with van der Waals surface area (Å²) >= 11 is 0. The van der Waals surface area contributed by atoms with Crippen molar-refractivity contribution in [3.05, 3.63) is 74.2 Å². The summed E-state index contributed by atoms with van der Waals surface area (Å²) in [5.41, 5.74) is 14.3. The summed E-state index contributed by atoms with van der Waals surface area (Å²) in [6, 6.07) is 6.96. The van der Waals surface area contributed by atoms with Crippen LogP contribution in [0.25, 0.3) is 0 Å². The topological polar surface area (TPSA) is 0 Å². The molecule has 2 aromatic carbocycles. The van der Waals surface area contributed by atoms with Gasteiger partial charge in [0.1, 0.15) is 0 Å². The Hall–Kier alpha value is 64.7. The van der Waals surface area contributed by atoms with E-state index in [-0.39, 0.29) is 1960 Å². The summed E-state index contributed by atoms with van der Waals surface area (Å²) in [5.74, 6) is 1.79. The van der Waals surface area contributed by atoms with Gasteiger partial charge in [-0.1, -0.05) is 108 Å². The van der Waals surface area contributed by atoms with E-state index in [0.717, 1.165) is 18.3 Å². The van der Waals surface area contributed by atoms with Gasteiger partial charge in [-0.3, -0.25) is 0 Å². The largest absolute Gasteiger partial charge is 0.325 e. The van der Waals surface area contributed by atoms with Crippen LogP contribution in [-0.2, 0) is 1980 Å². The monoisotopic (exact) mass is 5780 g/mol. The second kappa shape index (κ2) is 304. The molecule has 93 heavy (non-hydrogen) atoms. The first-order valence-corrected chi connectivity index (χ1v) is 13.4. The van der Waals surface area contributed by atoms with Crippen LogP contribution in [0.15, 0.2) is 0 Å². The molecule has 0 amide bonds. The minimum atomic E-state index is 0. The average Bonchev–Trinajstić information content (AvgIpc) is 3.20. The Balaban J connectivity index is -0.00000000249. The van der Waals surface area contributed by atoms with Gasteiger partial charge < -0.3 is 6.42 Å². The van der Waals surface area contributed by atoms with Gasteiger partial charge in [0.25, 0.3) is 0 Å². The van der Waals surface area contributed by atoms with Crippen molar-refractivity contribution in [2.45, 2.75) is 121 Å². The molecular formula is C33H49Y60-3. The first kappa shape index (κ1) is 398. The fourth-order valence-corrected chi connectivity index (χ4v) is 5.30. The van der Waals surface area contributed by atoms with Crippen molar-refractivity contribution in [3.63, 3.8) is 0 Å². The number of rotatable bonds is 2. The van der Waals surface area contributed by atoms with E-state index >= 15 is 0 Å². The second-order valence-corrected chi connectivity index (χ2v) is 10.6. The quantitative estimate of drug-likeness (QED) is 0.264. The molecular weight excluding hydrogens is 5730 g/mol. The Labute approximate surface area is 2090 Å². The van der Waals surface area contributed by atoms with Crippen LogP contribution in [0.2, 0.25) is 0 Å². The molecule has 0 saturated heterocycles. The number of fused-ring (bicyclic) bond motifs is 1. The molecule has 1 saturated carbocycles. The molecule has 0 heterocycles. The normalized spacial score (nSPS) is 6.82. The molecule has 0 nitrogen and oxygen atoms in total. The molecule has 2 aromatic rings. The van der Waals surface area contributed by atoms with Crippen molar-refractivity contribution in [1.29, 1.82) is 0 Å². The maximum Gasteiger partial charge on any atom is 0 e. The zero-order valence-corrected chi connectivity index (χ0v) is 228. The minimum absolute atomic E-state index is 0. The van der Waals surface area contributed by atoms with E-state index in [1.165, 1.54) is 95.0 Å². The van der Waals surface area contributed by atoms with E-state index in [1.54, 1.807) is 5.56 Å². The summed E-state index contributed by atoms with van der Waals surface area (Å²) in [4.78, 5) is 0. The molecule has 4 rings (SSSR count). The minimum Gasteiger partial charge on any atom is -0.325 e. The molecule has 0 aliphatic heterocycles. The Kier molecular flexibility index (Phi) is 1300. The molecule has 0 spiro atoms. The third-order valence-electron chi connectivity index (χ3n) is 8.27.